The fourth-order valence-corrected chi connectivity index (χ4v) is 2.13. The Bertz CT molecular complexity index is 466. The number of carboxylic acid groups (broad SMARTS) is 1. The highest BCUT2D eigenvalue weighted by Crippen LogP contribution is 2.26. The minimum absolute atomic E-state index is 0.0239. The number of likely N-dealkylation sites (tertiary alicyclic amines) is 1. The van der Waals surface area contributed by atoms with Crippen LogP contribution in [0.15, 0.2) is 10.7 Å². The van der Waals surface area contributed by atoms with Gasteiger partial charge in [0, 0.05) is 13.0 Å². The Hall–Kier alpha value is -1.85. The molecule has 2 rings (SSSR count). The molecule has 1 aromatic heterocycles. The lowest BCUT2D eigenvalue weighted by molar-refractivity contribution is -0.128. The maximum atomic E-state index is 11.8. The Morgan fingerprint density at radius 2 is 2.39 bits per heavy atom. The lowest BCUT2D eigenvalue weighted by atomic mass is 9.95. The molecule has 6 nitrogen and oxygen atoms in total. The Kier molecular flexibility index (Phi) is 3.36. The Morgan fingerprint density at radius 3 is 2.94 bits per heavy atom. The molecule has 0 saturated carbocycles. The minimum atomic E-state index is -1.08. The van der Waals surface area contributed by atoms with Gasteiger partial charge in [0.2, 0.25) is 5.91 Å². The fourth-order valence-electron chi connectivity index (χ4n) is 2.13. The summed E-state index contributed by atoms with van der Waals surface area (Å²) in [5, 5.41) is 12.4. The van der Waals surface area contributed by atoms with Crippen LogP contribution in [0.3, 0.4) is 0 Å². The first-order valence-corrected chi connectivity index (χ1v) is 5.93. The number of nitrogens with zero attached hydrogens (tertiary/aromatic N) is 2. The van der Waals surface area contributed by atoms with Crippen molar-refractivity contribution in [3.05, 3.63) is 17.5 Å². The van der Waals surface area contributed by atoms with Crippen molar-refractivity contribution >= 4 is 11.9 Å². The van der Waals surface area contributed by atoms with Crippen molar-refractivity contribution in [3.63, 3.8) is 0 Å². The topological polar surface area (TPSA) is 83.6 Å². The summed E-state index contributed by atoms with van der Waals surface area (Å²) in [6, 6.07) is 0. The van der Waals surface area contributed by atoms with Crippen molar-refractivity contribution in [3.8, 4) is 0 Å². The summed E-state index contributed by atoms with van der Waals surface area (Å²) in [6.45, 7) is 5.00. The zero-order valence-electron chi connectivity index (χ0n) is 10.4. The Balaban J connectivity index is 2.08. The molecule has 6 heteroatoms. The number of hydrogen-bond donors (Lipinski definition) is 1. The van der Waals surface area contributed by atoms with Gasteiger partial charge in [-0.2, -0.15) is 0 Å². The van der Waals surface area contributed by atoms with Gasteiger partial charge in [-0.05, 0) is 11.8 Å². The molecule has 0 radical (unpaired) electrons. The second-order valence-corrected chi connectivity index (χ2v) is 4.95. The van der Waals surface area contributed by atoms with E-state index in [-0.39, 0.29) is 23.8 Å². The average molecular weight is 252 g/mol. The third-order valence-electron chi connectivity index (χ3n) is 3.40. The summed E-state index contributed by atoms with van der Waals surface area (Å²) >= 11 is 0. The number of aromatic nitrogens is 1. The monoisotopic (exact) mass is 252 g/mol. The molecule has 0 spiro atoms. The highest BCUT2D eigenvalue weighted by Gasteiger charge is 2.32. The van der Waals surface area contributed by atoms with E-state index in [2.05, 4.69) is 19.0 Å². The van der Waals surface area contributed by atoms with Crippen molar-refractivity contribution in [1.82, 2.24) is 10.1 Å². The van der Waals surface area contributed by atoms with Gasteiger partial charge in [0.15, 0.2) is 5.76 Å². The van der Waals surface area contributed by atoms with Crippen LogP contribution in [0.2, 0.25) is 0 Å². The molecule has 18 heavy (non-hydrogen) atoms. The van der Waals surface area contributed by atoms with E-state index >= 15 is 0 Å². The maximum absolute atomic E-state index is 11.8. The lowest BCUT2D eigenvalue weighted by Crippen LogP contribution is -2.25. The van der Waals surface area contributed by atoms with Gasteiger partial charge in [0.25, 0.3) is 0 Å². The first kappa shape index (κ1) is 12.6. The zero-order valence-corrected chi connectivity index (χ0v) is 10.4. The largest absolute Gasteiger partial charge is 0.478 e. The quantitative estimate of drug-likeness (QED) is 0.875. The molecule has 1 aromatic rings. The third-order valence-corrected chi connectivity index (χ3v) is 3.40. The van der Waals surface area contributed by atoms with E-state index in [0.717, 1.165) is 6.20 Å². The second kappa shape index (κ2) is 4.80. The van der Waals surface area contributed by atoms with E-state index in [9.17, 15) is 9.59 Å². The SMILES string of the molecule is CC(C)C1CC(=O)N(Cc2oncc2C(=O)O)C1. The number of carboxylic acids is 1. The Labute approximate surface area is 105 Å². The van der Waals surface area contributed by atoms with E-state index in [0.29, 0.717) is 24.8 Å². The highest BCUT2D eigenvalue weighted by atomic mass is 16.5. The molecule has 0 aliphatic carbocycles. The van der Waals surface area contributed by atoms with E-state index in [1.54, 1.807) is 4.90 Å². The molecule has 1 saturated heterocycles. The summed E-state index contributed by atoms with van der Waals surface area (Å²) in [5.41, 5.74) is 0.0239. The van der Waals surface area contributed by atoms with Gasteiger partial charge in [0.1, 0.15) is 5.56 Å². The van der Waals surface area contributed by atoms with Crippen LogP contribution in [0.5, 0.6) is 0 Å². The number of amides is 1. The summed E-state index contributed by atoms with van der Waals surface area (Å²) in [6.07, 6.45) is 1.69. The number of carbonyl (C=O) groups excluding carboxylic acids is 1. The predicted octanol–water partition coefficient (Wildman–Crippen LogP) is 1.38. The van der Waals surface area contributed by atoms with Crippen LogP contribution in [-0.2, 0) is 11.3 Å². The lowest BCUT2D eigenvalue weighted by Gasteiger charge is -2.16. The highest BCUT2D eigenvalue weighted by molar-refractivity contribution is 5.88. The molecule has 98 valence electrons. The minimum Gasteiger partial charge on any atom is -0.478 e. The third kappa shape index (κ3) is 2.37. The average Bonchev–Trinajstić information content (AvgIpc) is 2.87. The molecule has 1 amide bonds. The van der Waals surface area contributed by atoms with Crippen LogP contribution < -0.4 is 0 Å². The second-order valence-electron chi connectivity index (χ2n) is 4.95. The maximum Gasteiger partial charge on any atom is 0.341 e. The number of carbonyl (C=O) groups is 2. The molecule has 1 fully saturated rings. The van der Waals surface area contributed by atoms with Crippen molar-refractivity contribution in [2.75, 3.05) is 6.54 Å². The van der Waals surface area contributed by atoms with Gasteiger partial charge < -0.3 is 14.5 Å². The van der Waals surface area contributed by atoms with Gasteiger partial charge in [-0.15, -0.1) is 0 Å². The van der Waals surface area contributed by atoms with Crippen LogP contribution in [-0.4, -0.2) is 33.6 Å². The van der Waals surface area contributed by atoms with Crippen molar-refractivity contribution in [2.45, 2.75) is 26.8 Å². The number of aromatic carboxylic acids is 1. The predicted molar refractivity (Wildman–Crippen MR) is 61.8 cm³/mol. The van der Waals surface area contributed by atoms with Crippen LogP contribution in [0, 0.1) is 11.8 Å². The number of rotatable bonds is 4. The van der Waals surface area contributed by atoms with Gasteiger partial charge in [-0.1, -0.05) is 19.0 Å². The summed E-state index contributed by atoms with van der Waals surface area (Å²) in [7, 11) is 0. The molecule has 1 aliphatic rings. The molecule has 0 bridgehead atoms. The van der Waals surface area contributed by atoms with Crippen molar-refractivity contribution in [2.24, 2.45) is 11.8 Å². The molecule has 1 N–H and O–H groups in total. The molecular formula is C12H16N2O4. The van der Waals surface area contributed by atoms with Gasteiger partial charge >= 0.3 is 5.97 Å². The van der Waals surface area contributed by atoms with Gasteiger partial charge in [0.05, 0.1) is 12.7 Å². The van der Waals surface area contributed by atoms with E-state index < -0.39 is 5.97 Å². The van der Waals surface area contributed by atoms with Crippen LogP contribution in [0.1, 0.15) is 36.4 Å². The number of hydrogen-bond acceptors (Lipinski definition) is 4. The summed E-state index contributed by atoms with van der Waals surface area (Å²) < 4.78 is 4.91. The van der Waals surface area contributed by atoms with E-state index in [4.69, 9.17) is 9.63 Å². The molecule has 1 atom stereocenters. The normalized spacial score (nSPS) is 19.8. The van der Waals surface area contributed by atoms with Crippen LogP contribution in [0.4, 0.5) is 0 Å². The van der Waals surface area contributed by atoms with Gasteiger partial charge in [-0.25, -0.2) is 4.79 Å². The molecule has 1 aliphatic heterocycles. The van der Waals surface area contributed by atoms with Crippen molar-refractivity contribution < 1.29 is 19.2 Å². The van der Waals surface area contributed by atoms with E-state index in [1.807, 2.05) is 0 Å². The zero-order chi connectivity index (χ0) is 13.3. The van der Waals surface area contributed by atoms with E-state index in [1.165, 1.54) is 0 Å². The summed E-state index contributed by atoms with van der Waals surface area (Å²) in [4.78, 5) is 24.4. The fraction of sp³-hybridized carbons (Fsp3) is 0.583. The standard InChI is InChI=1S/C12H16N2O4/c1-7(2)8-3-11(15)14(5-8)6-10-9(12(16)17)4-13-18-10/h4,7-8H,3,5-6H2,1-2H3,(H,16,17). The molecule has 2 heterocycles. The molecule has 0 aromatic carbocycles. The first-order chi connectivity index (χ1) is 8.49. The van der Waals surface area contributed by atoms with Crippen LogP contribution in [0.25, 0.3) is 0 Å². The Morgan fingerprint density at radius 1 is 1.67 bits per heavy atom. The van der Waals surface area contributed by atoms with Crippen LogP contribution >= 0.6 is 0 Å². The molecule has 1 unspecified atom stereocenters. The summed E-state index contributed by atoms with van der Waals surface area (Å²) in [5.74, 6) is -0.0404. The first-order valence-electron chi connectivity index (χ1n) is 5.93. The van der Waals surface area contributed by atoms with Crippen molar-refractivity contribution in [1.29, 1.82) is 0 Å². The smallest absolute Gasteiger partial charge is 0.341 e. The molecular weight excluding hydrogens is 236 g/mol. The van der Waals surface area contributed by atoms with Gasteiger partial charge in [-0.3, -0.25) is 4.79 Å².